The molecular weight excluding hydrogens is 418 g/mol. The first-order valence-electron chi connectivity index (χ1n) is 11.3. The van der Waals surface area contributed by atoms with E-state index in [2.05, 4.69) is 41.5 Å². The maximum Gasteiger partial charge on any atom is 0.222 e. The molecule has 0 radical (unpaired) electrons. The Morgan fingerprint density at radius 2 is 1.81 bits per heavy atom. The summed E-state index contributed by atoms with van der Waals surface area (Å²) in [6, 6.07) is 16.5. The Kier molecular flexibility index (Phi) is 7.55. The molecule has 32 heavy (non-hydrogen) atoms. The van der Waals surface area contributed by atoms with E-state index in [4.69, 9.17) is 9.72 Å². The van der Waals surface area contributed by atoms with Gasteiger partial charge in [-0.2, -0.15) is 0 Å². The van der Waals surface area contributed by atoms with Crippen LogP contribution in [-0.2, 0) is 17.8 Å². The third-order valence-electron chi connectivity index (χ3n) is 5.96. The van der Waals surface area contributed by atoms with E-state index in [1.54, 1.807) is 18.4 Å². The fourth-order valence-electron chi connectivity index (χ4n) is 4.02. The van der Waals surface area contributed by atoms with Crippen LogP contribution in [0.1, 0.15) is 29.7 Å². The Hall–Kier alpha value is -2.70. The number of methoxy groups -OCH3 is 1. The zero-order chi connectivity index (χ0) is 22.3. The third kappa shape index (κ3) is 5.96. The van der Waals surface area contributed by atoms with Gasteiger partial charge in [-0.1, -0.05) is 42.0 Å². The lowest BCUT2D eigenvalue weighted by molar-refractivity contribution is -0.131. The molecule has 0 aliphatic carbocycles. The van der Waals surface area contributed by atoms with E-state index >= 15 is 0 Å². The van der Waals surface area contributed by atoms with Gasteiger partial charge in [0.25, 0.3) is 0 Å². The van der Waals surface area contributed by atoms with Crippen molar-refractivity contribution in [2.75, 3.05) is 33.3 Å². The summed E-state index contributed by atoms with van der Waals surface area (Å²) < 4.78 is 5.20. The van der Waals surface area contributed by atoms with Crippen molar-refractivity contribution in [3.63, 3.8) is 0 Å². The zero-order valence-corrected chi connectivity index (χ0v) is 19.7. The zero-order valence-electron chi connectivity index (χ0n) is 18.9. The number of thiazole rings is 1. The van der Waals surface area contributed by atoms with Gasteiger partial charge < -0.3 is 9.64 Å². The number of rotatable bonds is 7. The standard InChI is InChI=1S/C26H31N3O2S/c1-20-4-9-22(10-5-20)26-27-23(19-32-26)18-28-14-3-15-29(17-16-28)25(30)13-8-21-6-11-24(31-2)12-7-21/h4-7,9-12,19H,3,8,13-18H2,1-2H3. The van der Waals surface area contributed by atoms with Gasteiger partial charge in [0.2, 0.25) is 5.91 Å². The molecule has 0 saturated carbocycles. The molecular formula is C26H31N3O2S. The highest BCUT2D eigenvalue weighted by atomic mass is 32.1. The molecule has 1 aliphatic rings. The van der Waals surface area contributed by atoms with Gasteiger partial charge in [0, 0.05) is 50.1 Å². The predicted octanol–water partition coefficient (Wildman–Crippen LogP) is 4.79. The fraction of sp³-hybridized carbons (Fsp3) is 0.385. The predicted molar refractivity (Wildman–Crippen MR) is 130 cm³/mol. The maximum absolute atomic E-state index is 12.8. The second-order valence-corrected chi connectivity index (χ2v) is 9.23. The minimum absolute atomic E-state index is 0.248. The van der Waals surface area contributed by atoms with Crippen molar-refractivity contribution in [2.24, 2.45) is 0 Å². The molecule has 1 fully saturated rings. The largest absolute Gasteiger partial charge is 0.497 e. The maximum atomic E-state index is 12.8. The molecule has 6 heteroatoms. The lowest BCUT2D eigenvalue weighted by Gasteiger charge is -2.21. The summed E-state index contributed by atoms with van der Waals surface area (Å²) in [5, 5.41) is 3.24. The highest BCUT2D eigenvalue weighted by molar-refractivity contribution is 7.13. The van der Waals surface area contributed by atoms with E-state index < -0.39 is 0 Å². The molecule has 1 saturated heterocycles. The van der Waals surface area contributed by atoms with Crippen molar-refractivity contribution in [1.82, 2.24) is 14.8 Å². The van der Waals surface area contributed by atoms with Gasteiger partial charge >= 0.3 is 0 Å². The van der Waals surface area contributed by atoms with Gasteiger partial charge in [-0.05, 0) is 37.5 Å². The number of aryl methyl sites for hydroxylation is 2. The Labute approximate surface area is 194 Å². The summed E-state index contributed by atoms with van der Waals surface area (Å²) in [4.78, 5) is 22.1. The molecule has 0 atom stereocenters. The number of nitrogens with zero attached hydrogens (tertiary/aromatic N) is 3. The van der Waals surface area contributed by atoms with Crippen molar-refractivity contribution in [3.05, 3.63) is 70.7 Å². The Balaban J connectivity index is 1.26. The second kappa shape index (κ2) is 10.7. The van der Waals surface area contributed by atoms with Gasteiger partial charge in [0.1, 0.15) is 10.8 Å². The molecule has 3 aromatic rings. The molecule has 1 aliphatic heterocycles. The molecule has 0 bridgehead atoms. The summed E-state index contributed by atoms with van der Waals surface area (Å²) in [6.07, 6.45) is 2.32. The first-order valence-corrected chi connectivity index (χ1v) is 12.1. The molecule has 2 aromatic carbocycles. The summed E-state index contributed by atoms with van der Waals surface area (Å²) in [5.41, 5.74) is 4.72. The molecule has 0 N–H and O–H groups in total. The van der Waals surface area contributed by atoms with E-state index in [1.807, 2.05) is 29.2 Å². The quantitative estimate of drug-likeness (QED) is 0.520. The Morgan fingerprint density at radius 3 is 2.56 bits per heavy atom. The topological polar surface area (TPSA) is 45.7 Å². The Morgan fingerprint density at radius 1 is 1.03 bits per heavy atom. The molecule has 1 aromatic heterocycles. The van der Waals surface area contributed by atoms with E-state index in [9.17, 15) is 4.79 Å². The first kappa shape index (κ1) is 22.5. The Bertz CT molecular complexity index is 1010. The number of ether oxygens (including phenoxy) is 1. The van der Waals surface area contributed by atoms with Gasteiger partial charge in [-0.15, -0.1) is 11.3 Å². The van der Waals surface area contributed by atoms with Crippen LogP contribution in [0.3, 0.4) is 0 Å². The number of hydrogen-bond donors (Lipinski definition) is 0. The van der Waals surface area contributed by atoms with Gasteiger partial charge in [-0.25, -0.2) is 4.98 Å². The molecule has 168 valence electrons. The second-order valence-electron chi connectivity index (χ2n) is 8.37. The van der Waals surface area contributed by atoms with Crippen LogP contribution in [0.5, 0.6) is 5.75 Å². The number of benzene rings is 2. The average Bonchev–Trinajstić information content (AvgIpc) is 3.15. The summed E-state index contributed by atoms with van der Waals surface area (Å²) in [5.74, 6) is 1.09. The number of hydrogen-bond acceptors (Lipinski definition) is 5. The van der Waals surface area contributed by atoms with Crippen LogP contribution < -0.4 is 4.74 Å². The van der Waals surface area contributed by atoms with Gasteiger partial charge in [0.05, 0.1) is 12.8 Å². The minimum atomic E-state index is 0.248. The fourth-order valence-corrected chi connectivity index (χ4v) is 4.83. The molecule has 0 unspecified atom stereocenters. The number of carbonyl (C=O) groups excluding carboxylic acids is 1. The highest BCUT2D eigenvalue weighted by Crippen LogP contribution is 2.25. The lowest BCUT2D eigenvalue weighted by Crippen LogP contribution is -2.35. The normalized spacial score (nSPS) is 14.9. The van der Waals surface area contributed by atoms with E-state index in [1.165, 1.54) is 16.7 Å². The van der Waals surface area contributed by atoms with Gasteiger partial charge in [-0.3, -0.25) is 9.69 Å². The lowest BCUT2D eigenvalue weighted by atomic mass is 10.1. The van der Waals surface area contributed by atoms with Crippen LogP contribution in [-0.4, -0.2) is 54.0 Å². The van der Waals surface area contributed by atoms with Crippen LogP contribution in [0.4, 0.5) is 0 Å². The van der Waals surface area contributed by atoms with Crippen LogP contribution >= 0.6 is 11.3 Å². The molecule has 5 nitrogen and oxygen atoms in total. The van der Waals surface area contributed by atoms with E-state index in [-0.39, 0.29) is 5.91 Å². The smallest absolute Gasteiger partial charge is 0.222 e. The molecule has 2 heterocycles. The molecule has 1 amide bonds. The summed E-state index contributed by atoms with van der Waals surface area (Å²) in [6.45, 7) is 6.46. The van der Waals surface area contributed by atoms with Crippen molar-refractivity contribution < 1.29 is 9.53 Å². The van der Waals surface area contributed by atoms with Crippen molar-refractivity contribution in [3.8, 4) is 16.3 Å². The van der Waals surface area contributed by atoms with Crippen LogP contribution in [0, 0.1) is 6.92 Å². The van der Waals surface area contributed by atoms with E-state index in [0.717, 1.165) is 62.0 Å². The van der Waals surface area contributed by atoms with Crippen LogP contribution in [0.2, 0.25) is 0 Å². The summed E-state index contributed by atoms with van der Waals surface area (Å²) in [7, 11) is 1.67. The van der Waals surface area contributed by atoms with Crippen LogP contribution in [0.25, 0.3) is 10.6 Å². The molecule has 4 rings (SSSR count). The van der Waals surface area contributed by atoms with Crippen LogP contribution in [0.15, 0.2) is 53.9 Å². The monoisotopic (exact) mass is 449 g/mol. The number of carbonyl (C=O) groups is 1. The number of amides is 1. The first-order chi connectivity index (χ1) is 15.6. The minimum Gasteiger partial charge on any atom is -0.497 e. The highest BCUT2D eigenvalue weighted by Gasteiger charge is 2.20. The molecule has 0 spiro atoms. The van der Waals surface area contributed by atoms with Crippen molar-refractivity contribution in [1.29, 1.82) is 0 Å². The van der Waals surface area contributed by atoms with Gasteiger partial charge in [0.15, 0.2) is 0 Å². The third-order valence-corrected chi connectivity index (χ3v) is 6.90. The summed E-state index contributed by atoms with van der Waals surface area (Å²) >= 11 is 1.70. The van der Waals surface area contributed by atoms with E-state index in [0.29, 0.717) is 6.42 Å². The van der Waals surface area contributed by atoms with Crippen molar-refractivity contribution >= 4 is 17.2 Å². The van der Waals surface area contributed by atoms with Crippen molar-refractivity contribution in [2.45, 2.75) is 32.7 Å². The number of aromatic nitrogens is 1. The average molecular weight is 450 g/mol. The SMILES string of the molecule is COc1ccc(CCC(=O)N2CCCN(Cc3csc(-c4ccc(C)cc4)n3)CC2)cc1.